The second kappa shape index (κ2) is 4.44. The number of hydrogen-bond acceptors (Lipinski definition) is 2. The molecule has 0 aliphatic heterocycles. The Bertz CT molecular complexity index is 514. The van der Waals surface area contributed by atoms with E-state index in [9.17, 15) is 4.79 Å². The molecule has 0 saturated carbocycles. The summed E-state index contributed by atoms with van der Waals surface area (Å²) in [6, 6.07) is 9.89. The molecule has 2 nitrogen and oxygen atoms in total. The fourth-order valence-corrected chi connectivity index (χ4v) is 1.98. The highest BCUT2D eigenvalue weighted by molar-refractivity contribution is 5.91. The van der Waals surface area contributed by atoms with Crippen LogP contribution in [-0.2, 0) is 4.79 Å². The summed E-state index contributed by atoms with van der Waals surface area (Å²) in [5.41, 5.74) is 2.04. The van der Waals surface area contributed by atoms with E-state index < -0.39 is 0 Å². The van der Waals surface area contributed by atoms with Crippen LogP contribution in [-0.4, -0.2) is 10.8 Å². The lowest BCUT2D eigenvalue weighted by Crippen LogP contribution is -2.08. The average Bonchev–Trinajstić information content (AvgIpc) is 2.36. The number of para-hydroxylation sites is 1. The molecule has 0 bridgehead atoms. The molecule has 0 spiro atoms. The molecule has 0 saturated heterocycles. The van der Waals surface area contributed by atoms with Gasteiger partial charge in [-0.05, 0) is 17.7 Å². The van der Waals surface area contributed by atoms with Crippen LogP contribution in [0.4, 0.5) is 0 Å². The first-order valence-electron chi connectivity index (χ1n) is 5.60. The van der Waals surface area contributed by atoms with E-state index in [0.29, 0.717) is 6.42 Å². The van der Waals surface area contributed by atoms with E-state index in [2.05, 4.69) is 4.98 Å². The molecular weight excluding hydrogens is 198 g/mol. The number of pyridine rings is 1. The molecular formula is C14H15NO. The fraction of sp³-hybridized carbons (Fsp3) is 0.286. The van der Waals surface area contributed by atoms with Gasteiger partial charge >= 0.3 is 0 Å². The van der Waals surface area contributed by atoms with Crippen molar-refractivity contribution in [3.05, 3.63) is 42.1 Å². The number of rotatable bonds is 3. The van der Waals surface area contributed by atoms with Crippen molar-refractivity contribution in [3.63, 3.8) is 0 Å². The predicted octanol–water partition coefficient (Wildman–Crippen LogP) is 3.32. The monoisotopic (exact) mass is 213 g/mol. The Kier molecular flexibility index (Phi) is 3.00. The van der Waals surface area contributed by atoms with Crippen LogP contribution >= 0.6 is 0 Å². The van der Waals surface area contributed by atoms with Crippen molar-refractivity contribution in [2.24, 2.45) is 0 Å². The number of fused-ring (bicyclic) bond motifs is 1. The van der Waals surface area contributed by atoms with Gasteiger partial charge in [-0.3, -0.25) is 9.78 Å². The normalized spacial score (nSPS) is 12.6. The van der Waals surface area contributed by atoms with Crippen molar-refractivity contribution in [2.45, 2.75) is 26.2 Å². The summed E-state index contributed by atoms with van der Waals surface area (Å²) in [6.45, 7) is 3.87. The highest BCUT2D eigenvalue weighted by atomic mass is 16.1. The van der Waals surface area contributed by atoms with Gasteiger partial charge in [0.05, 0.1) is 5.52 Å². The average molecular weight is 213 g/mol. The predicted molar refractivity (Wildman–Crippen MR) is 65.5 cm³/mol. The zero-order valence-electron chi connectivity index (χ0n) is 9.60. The minimum absolute atomic E-state index is 0.0436. The van der Waals surface area contributed by atoms with E-state index in [0.717, 1.165) is 16.5 Å². The zero-order chi connectivity index (χ0) is 11.5. The molecule has 1 atom stereocenters. The SMILES string of the molecule is CCC(=O)C(C)c1ccnc2ccccc12. The van der Waals surface area contributed by atoms with Gasteiger partial charge in [-0.1, -0.05) is 32.0 Å². The van der Waals surface area contributed by atoms with Crippen molar-refractivity contribution >= 4 is 16.7 Å². The number of benzene rings is 1. The van der Waals surface area contributed by atoms with Gasteiger partial charge in [0.25, 0.3) is 0 Å². The maximum atomic E-state index is 11.7. The summed E-state index contributed by atoms with van der Waals surface area (Å²) in [5, 5.41) is 1.08. The summed E-state index contributed by atoms with van der Waals surface area (Å²) in [4.78, 5) is 16.0. The third-order valence-electron chi connectivity index (χ3n) is 2.98. The van der Waals surface area contributed by atoms with Crippen LogP contribution in [0.1, 0.15) is 31.7 Å². The fourth-order valence-electron chi connectivity index (χ4n) is 1.98. The van der Waals surface area contributed by atoms with Crippen LogP contribution in [0.2, 0.25) is 0 Å². The maximum absolute atomic E-state index is 11.7. The Morgan fingerprint density at radius 3 is 2.81 bits per heavy atom. The first kappa shape index (κ1) is 10.8. The number of aromatic nitrogens is 1. The molecule has 0 fully saturated rings. The first-order chi connectivity index (χ1) is 7.74. The highest BCUT2D eigenvalue weighted by Crippen LogP contribution is 2.25. The molecule has 0 N–H and O–H groups in total. The topological polar surface area (TPSA) is 30.0 Å². The summed E-state index contributed by atoms with van der Waals surface area (Å²) in [5.74, 6) is 0.231. The molecule has 1 aromatic heterocycles. The number of ketones is 1. The largest absolute Gasteiger partial charge is 0.299 e. The van der Waals surface area contributed by atoms with Crippen LogP contribution < -0.4 is 0 Å². The molecule has 2 rings (SSSR count). The van der Waals surface area contributed by atoms with Crippen molar-refractivity contribution < 1.29 is 4.79 Å². The zero-order valence-corrected chi connectivity index (χ0v) is 9.60. The second-order valence-electron chi connectivity index (χ2n) is 3.96. The molecule has 1 aromatic carbocycles. The summed E-state index contributed by atoms with van der Waals surface area (Å²) >= 11 is 0. The van der Waals surface area contributed by atoms with Gasteiger partial charge in [0.15, 0.2) is 0 Å². The Balaban J connectivity index is 2.56. The molecule has 16 heavy (non-hydrogen) atoms. The van der Waals surface area contributed by atoms with Gasteiger partial charge in [-0.15, -0.1) is 0 Å². The van der Waals surface area contributed by atoms with E-state index in [1.807, 2.05) is 44.2 Å². The van der Waals surface area contributed by atoms with Crippen LogP contribution in [0.3, 0.4) is 0 Å². The van der Waals surface area contributed by atoms with Crippen LogP contribution in [0.15, 0.2) is 36.5 Å². The molecule has 0 aliphatic carbocycles. The van der Waals surface area contributed by atoms with E-state index >= 15 is 0 Å². The Hall–Kier alpha value is -1.70. The number of hydrogen-bond donors (Lipinski definition) is 0. The van der Waals surface area contributed by atoms with Gasteiger partial charge in [0.1, 0.15) is 5.78 Å². The van der Waals surface area contributed by atoms with E-state index in [1.165, 1.54) is 0 Å². The molecule has 1 heterocycles. The van der Waals surface area contributed by atoms with Crippen molar-refractivity contribution in [1.82, 2.24) is 4.98 Å². The highest BCUT2D eigenvalue weighted by Gasteiger charge is 2.15. The summed E-state index contributed by atoms with van der Waals surface area (Å²) in [7, 11) is 0. The molecule has 0 aliphatic rings. The van der Waals surface area contributed by atoms with Crippen molar-refractivity contribution in [2.75, 3.05) is 0 Å². The van der Waals surface area contributed by atoms with Crippen molar-refractivity contribution in [3.8, 4) is 0 Å². The smallest absolute Gasteiger partial charge is 0.139 e. The van der Waals surface area contributed by atoms with Gasteiger partial charge in [-0.25, -0.2) is 0 Å². The number of carbonyl (C=O) groups excluding carboxylic acids is 1. The molecule has 2 heteroatoms. The summed E-state index contributed by atoms with van der Waals surface area (Å²) < 4.78 is 0. The molecule has 82 valence electrons. The third-order valence-corrected chi connectivity index (χ3v) is 2.98. The number of nitrogens with zero attached hydrogens (tertiary/aromatic N) is 1. The Morgan fingerprint density at radius 2 is 2.06 bits per heavy atom. The lowest BCUT2D eigenvalue weighted by atomic mass is 9.93. The number of carbonyl (C=O) groups is 1. The van der Waals surface area contributed by atoms with Gasteiger partial charge in [0, 0.05) is 23.9 Å². The van der Waals surface area contributed by atoms with Gasteiger partial charge < -0.3 is 0 Å². The molecule has 2 aromatic rings. The van der Waals surface area contributed by atoms with Crippen molar-refractivity contribution in [1.29, 1.82) is 0 Å². The lowest BCUT2D eigenvalue weighted by Gasteiger charge is -2.12. The summed E-state index contributed by atoms with van der Waals surface area (Å²) in [6.07, 6.45) is 2.36. The maximum Gasteiger partial charge on any atom is 0.139 e. The van der Waals surface area contributed by atoms with E-state index in [1.54, 1.807) is 6.20 Å². The Morgan fingerprint density at radius 1 is 1.31 bits per heavy atom. The van der Waals surface area contributed by atoms with Crippen LogP contribution in [0, 0.1) is 0 Å². The lowest BCUT2D eigenvalue weighted by molar-refractivity contribution is -0.119. The van der Waals surface area contributed by atoms with Gasteiger partial charge in [0.2, 0.25) is 0 Å². The molecule has 0 radical (unpaired) electrons. The quantitative estimate of drug-likeness (QED) is 0.782. The van der Waals surface area contributed by atoms with Crippen LogP contribution in [0.5, 0.6) is 0 Å². The molecule has 1 unspecified atom stereocenters. The third kappa shape index (κ3) is 1.83. The minimum atomic E-state index is -0.0436. The van der Waals surface area contributed by atoms with Gasteiger partial charge in [-0.2, -0.15) is 0 Å². The second-order valence-corrected chi connectivity index (χ2v) is 3.96. The minimum Gasteiger partial charge on any atom is -0.299 e. The van der Waals surface area contributed by atoms with E-state index in [4.69, 9.17) is 0 Å². The van der Waals surface area contributed by atoms with E-state index in [-0.39, 0.29) is 11.7 Å². The molecule has 0 amide bonds. The Labute approximate surface area is 95.3 Å². The number of Topliss-reactive ketones (excluding diaryl/α,β-unsaturated/α-hetero) is 1. The standard InChI is InChI=1S/C14H15NO/c1-3-14(16)10(2)11-8-9-15-13-7-5-4-6-12(11)13/h4-10H,3H2,1-2H3. The first-order valence-corrected chi connectivity index (χ1v) is 5.60. The van der Waals surface area contributed by atoms with Crippen LogP contribution in [0.25, 0.3) is 10.9 Å².